The minimum atomic E-state index is -0.264. The normalized spacial score (nSPS) is 20.6. The predicted molar refractivity (Wildman–Crippen MR) is 92.6 cm³/mol. The van der Waals surface area contributed by atoms with Gasteiger partial charge in [0.25, 0.3) is 0 Å². The van der Waals surface area contributed by atoms with Crippen LogP contribution in [0, 0.1) is 6.92 Å². The summed E-state index contributed by atoms with van der Waals surface area (Å²) in [5.41, 5.74) is 1.77. The van der Waals surface area contributed by atoms with Crippen LogP contribution in [0.15, 0.2) is 30.7 Å². The van der Waals surface area contributed by atoms with Crippen LogP contribution in [-0.2, 0) is 23.1 Å². The largest absolute Gasteiger partial charge is 0.351 e. The van der Waals surface area contributed by atoms with E-state index in [1.807, 2.05) is 36.9 Å². The first-order chi connectivity index (χ1) is 12.0. The Morgan fingerprint density at radius 1 is 1.32 bits per heavy atom. The molecule has 0 radical (unpaired) electrons. The number of pyridine rings is 1. The Morgan fingerprint density at radius 3 is 2.80 bits per heavy atom. The van der Waals surface area contributed by atoms with Crippen molar-refractivity contribution in [2.75, 3.05) is 7.05 Å². The second kappa shape index (κ2) is 7.04. The Hall–Kier alpha value is -2.70. The minimum absolute atomic E-state index is 0.0666. The molecular formula is C18H23N5O2. The number of likely N-dealkylation sites (N-methyl/N-ethyl adjacent to an activating group) is 1. The average molecular weight is 341 g/mol. The van der Waals surface area contributed by atoms with E-state index < -0.39 is 0 Å². The topological polar surface area (TPSA) is 80.1 Å². The van der Waals surface area contributed by atoms with Crippen LogP contribution < -0.4 is 5.32 Å². The molecule has 1 aliphatic rings. The fourth-order valence-corrected chi connectivity index (χ4v) is 3.34. The number of hydrogen-bond donors (Lipinski definition) is 1. The maximum atomic E-state index is 12.6. The van der Waals surface area contributed by atoms with Crippen molar-refractivity contribution in [2.45, 2.75) is 38.3 Å². The number of hydrogen-bond acceptors (Lipinski definition) is 4. The highest BCUT2D eigenvalue weighted by atomic mass is 16.2. The molecule has 1 aliphatic heterocycles. The number of rotatable bonds is 4. The van der Waals surface area contributed by atoms with Gasteiger partial charge in [0.15, 0.2) is 0 Å². The van der Waals surface area contributed by atoms with Crippen molar-refractivity contribution in [2.24, 2.45) is 7.05 Å². The van der Waals surface area contributed by atoms with Crippen molar-refractivity contribution in [3.63, 3.8) is 0 Å². The number of piperidine rings is 1. The van der Waals surface area contributed by atoms with Gasteiger partial charge in [0.05, 0.1) is 12.5 Å². The summed E-state index contributed by atoms with van der Waals surface area (Å²) in [7, 11) is 3.67. The smallest absolute Gasteiger partial charge is 0.224 e. The number of aromatic nitrogens is 3. The molecule has 0 aromatic carbocycles. The summed E-state index contributed by atoms with van der Waals surface area (Å²) in [5, 5.41) is 3.10. The molecule has 1 N–H and O–H groups in total. The van der Waals surface area contributed by atoms with Gasteiger partial charge in [-0.25, -0.2) is 4.98 Å². The summed E-state index contributed by atoms with van der Waals surface area (Å²) in [6.07, 6.45) is 6.59. The molecule has 1 saturated heterocycles. The van der Waals surface area contributed by atoms with E-state index in [2.05, 4.69) is 15.3 Å². The van der Waals surface area contributed by atoms with E-state index in [1.165, 1.54) is 0 Å². The second-order valence-electron chi connectivity index (χ2n) is 6.48. The molecule has 2 aromatic heterocycles. The predicted octanol–water partition coefficient (Wildman–Crippen LogP) is 1.14. The van der Waals surface area contributed by atoms with Crippen LogP contribution in [0.3, 0.4) is 0 Å². The number of nitrogens with one attached hydrogen (secondary N) is 1. The zero-order valence-corrected chi connectivity index (χ0v) is 14.8. The third kappa shape index (κ3) is 3.55. The highest BCUT2D eigenvalue weighted by molar-refractivity contribution is 5.81. The van der Waals surface area contributed by atoms with Gasteiger partial charge in [0.1, 0.15) is 11.9 Å². The Kier molecular flexibility index (Phi) is 4.83. The maximum Gasteiger partial charge on any atom is 0.224 e. The van der Waals surface area contributed by atoms with E-state index in [0.717, 1.165) is 17.1 Å². The molecule has 7 heteroatoms. The molecule has 25 heavy (non-hydrogen) atoms. The number of nitrogens with zero attached hydrogens (tertiary/aromatic N) is 4. The standard InChI is InChI=1S/C18H23N5O2/c1-12-13(5-4-8-19-12)11-15(24)21-14-6-7-16(25)23(3)17(14)18-20-9-10-22(18)2/h4-5,8-10,14,17H,6-7,11H2,1-3H3,(H,21,24)/t14-,17-/m1/s1. The quantitative estimate of drug-likeness (QED) is 0.904. The molecule has 0 aliphatic carbocycles. The number of aryl methyl sites for hydroxylation is 2. The molecule has 2 amide bonds. The van der Waals surface area contributed by atoms with Crippen molar-refractivity contribution < 1.29 is 9.59 Å². The highest BCUT2D eigenvalue weighted by Gasteiger charge is 2.37. The van der Waals surface area contributed by atoms with Crippen LogP contribution >= 0.6 is 0 Å². The molecule has 0 unspecified atom stereocenters. The molecule has 0 spiro atoms. The summed E-state index contributed by atoms with van der Waals surface area (Å²) in [6.45, 7) is 1.90. The van der Waals surface area contributed by atoms with Gasteiger partial charge in [-0.3, -0.25) is 14.6 Å². The van der Waals surface area contributed by atoms with Gasteiger partial charge in [0.2, 0.25) is 11.8 Å². The third-order valence-electron chi connectivity index (χ3n) is 4.80. The molecular weight excluding hydrogens is 318 g/mol. The molecule has 2 aromatic rings. The second-order valence-corrected chi connectivity index (χ2v) is 6.48. The van der Waals surface area contributed by atoms with Crippen molar-refractivity contribution >= 4 is 11.8 Å². The summed E-state index contributed by atoms with van der Waals surface area (Å²) in [4.78, 5) is 35.0. The van der Waals surface area contributed by atoms with E-state index in [-0.39, 0.29) is 30.3 Å². The van der Waals surface area contributed by atoms with Crippen LogP contribution in [0.4, 0.5) is 0 Å². The Morgan fingerprint density at radius 2 is 2.12 bits per heavy atom. The monoisotopic (exact) mass is 341 g/mol. The van der Waals surface area contributed by atoms with Gasteiger partial charge >= 0.3 is 0 Å². The molecule has 3 heterocycles. The van der Waals surface area contributed by atoms with E-state index >= 15 is 0 Å². The van der Waals surface area contributed by atoms with Crippen molar-refractivity contribution in [1.29, 1.82) is 0 Å². The van der Waals surface area contributed by atoms with Gasteiger partial charge in [0, 0.05) is 44.8 Å². The van der Waals surface area contributed by atoms with Crippen molar-refractivity contribution in [3.05, 3.63) is 47.8 Å². The molecule has 1 fully saturated rings. The van der Waals surface area contributed by atoms with Crippen molar-refractivity contribution in [1.82, 2.24) is 24.8 Å². The lowest BCUT2D eigenvalue weighted by atomic mass is 9.95. The lowest BCUT2D eigenvalue weighted by Crippen LogP contribution is -2.51. The van der Waals surface area contributed by atoms with Gasteiger partial charge in [-0.15, -0.1) is 0 Å². The third-order valence-corrected chi connectivity index (χ3v) is 4.80. The van der Waals surface area contributed by atoms with E-state index in [9.17, 15) is 9.59 Å². The minimum Gasteiger partial charge on any atom is -0.351 e. The summed E-state index contributed by atoms with van der Waals surface area (Å²) in [5.74, 6) is 0.781. The Bertz CT molecular complexity index is 785. The van der Waals surface area contributed by atoms with Gasteiger partial charge < -0.3 is 14.8 Å². The molecule has 7 nitrogen and oxygen atoms in total. The molecule has 0 saturated carbocycles. The van der Waals surface area contributed by atoms with Crippen LogP contribution in [0.1, 0.15) is 36.0 Å². The SMILES string of the molecule is Cc1ncccc1CC(=O)N[C@@H]1CCC(=O)N(C)[C@H]1c1nccn1C. The summed E-state index contributed by atoms with van der Waals surface area (Å²) < 4.78 is 1.89. The first kappa shape index (κ1) is 17.1. The molecule has 0 bridgehead atoms. The van der Waals surface area contributed by atoms with E-state index in [4.69, 9.17) is 0 Å². The maximum absolute atomic E-state index is 12.6. The van der Waals surface area contributed by atoms with Gasteiger partial charge in [-0.2, -0.15) is 0 Å². The van der Waals surface area contributed by atoms with Crippen LogP contribution in [0.2, 0.25) is 0 Å². The molecule has 3 rings (SSSR count). The van der Waals surface area contributed by atoms with Crippen LogP contribution in [0.5, 0.6) is 0 Å². The van der Waals surface area contributed by atoms with Crippen LogP contribution in [0.25, 0.3) is 0 Å². The number of likely N-dealkylation sites (tertiary alicyclic amines) is 1. The lowest BCUT2D eigenvalue weighted by Gasteiger charge is -2.38. The van der Waals surface area contributed by atoms with Gasteiger partial charge in [-0.1, -0.05) is 6.07 Å². The lowest BCUT2D eigenvalue weighted by molar-refractivity contribution is -0.137. The summed E-state index contributed by atoms with van der Waals surface area (Å²) >= 11 is 0. The Labute approximate surface area is 147 Å². The summed E-state index contributed by atoms with van der Waals surface area (Å²) in [6, 6.07) is 3.32. The van der Waals surface area contributed by atoms with Gasteiger partial charge in [-0.05, 0) is 25.0 Å². The highest BCUT2D eigenvalue weighted by Crippen LogP contribution is 2.29. The first-order valence-corrected chi connectivity index (χ1v) is 8.40. The fourth-order valence-electron chi connectivity index (χ4n) is 3.34. The number of carbonyl (C=O) groups is 2. The Balaban J connectivity index is 1.77. The molecule has 2 atom stereocenters. The zero-order chi connectivity index (χ0) is 18.0. The first-order valence-electron chi connectivity index (χ1n) is 8.40. The fraction of sp³-hybridized carbons (Fsp3) is 0.444. The van der Waals surface area contributed by atoms with E-state index in [1.54, 1.807) is 24.3 Å². The molecule has 132 valence electrons. The number of imidazole rings is 1. The number of amides is 2. The number of carbonyl (C=O) groups excluding carboxylic acids is 2. The zero-order valence-electron chi connectivity index (χ0n) is 14.8. The van der Waals surface area contributed by atoms with Crippen LogP contribution in [-0.4, -0.2) is 44.3 Å². The van der Waals surface area contributed by atoms with E-state index in [0.29, 0.717) is 12.8 Å². The van der Waals surface area contributed by atoms with Crippen molar-refractivity contribution in [3.8, 4) is 0 Å². The average Bonchev–Trinajstić information content (AvgIpc) is 2.99.